The van der Waals surface area contributed by atoms with E-state index in [4.69, 9.17) is 0 Å². The van der Waals surface area contributed by atoms with Gasteiger partial charge in [0.05, 0.1) is 5.69 Å². The number of fused-ring (bicyclic) bond motifs is 1. The first kappa shape index (κ1) is 18.0. The molecule has 1 N–H and O–H groups in total. The van der Waals surface area contributed by atoms with Crippen LogP contribution in [0, 0.1) is 19.3 Å². The smallest absolute Gasteiger partial charge is 0.320 e. The monoisotopic (exact) mass is 370 g/mol. The molecule has 1 amide bonds. The van der Waals surface area contributed by atoms with Gasteiger partial charge >= 0.3 is 5.97 Å². The molecular weight excluding hydrogens is 344 g/mol. The van der Waals surface area contributed by atoms with E-state index in [1.807, 2.05) is 53.4 Å². The van der Waals surface area contributed by atoms with Crippen LogP contribution in [0.15, 0.2) is 18.3 Å². The molecule has 7 heteroatoms. The second-order valence-corrected chi connectivity index (χ2v) is 8.25. The number of aliphatic carboxylic acids is 1. The summed E-state index contributed by atoms with van der Waals surface area (Å²) in [6.07, 6.45) is 4.33. The quantitative estimate of drug-likeness (QED) is 0.874. The number of hydrogen-bond acceptors (Lipinski definition) is 4. The van der Waals surface area contributed by atoms with E-state index in [9.17, 15) is 14.7 Å². The van der Waals surface area contributed by atoms with E-state index >= 15 is 0 Å². The van der Waals surface area contributed by atoms with Gasteiger partial charge in [-0.05, 0) is 57.2 Å². The third kappa shape index (κ3) is 3.00. The number of carboxylic acid groups (broad SMARTS) is 1. The first-order valence-electron chi connectivity index (χ1n) is 9.47. The summed E-state index contributed by atoms with van der Waals surface area (Å²) in [4.78, 5) is 33.0. The van der Waals surface area contributed by atoms with E-state index in [0.29, 0.717) is 25.2 Å². The molecular formula is C20H26N4O3. The lowest BCUT2D eigenvalue weighted by Gasteiger charge is -2.39. The van der Waals surface area contributed by atoms with Crippen molar-refractivity contribution in [3.8, 4) is 0 Å². The van der Waals surface area contributed by atoms with Crippen LogP contribution in [0.25, 0.3) is 5.65 Å². The van der Waals surface area contributed by atoms with Gasteiger partial charge in [-0.25, -0.2) is 4.98 Å². The van der Waals surface area contributed by atoms with Crippen molar-refractivity contribution in [2.24, 2.45) is 5.41 Å². The Kier molecular flexibility index (Phi) is 4.22. The van der Waals surface area contributed by atoms with E-state index in [-0.39, 0.29) is 11.3 Å². The molecule has 2 aliphatic heterocycles. The van der Waals surface area contributed by atoms with Gasteiger partial charge in [0, 0.05) is 25.8 Å². The Labute approximate surface area is 158 Å². The van der Waals surface area contributed by atoms with Crippen molar-refractivity contribution < 1.29 is 14.7 Å². The number of likely N-dealkylation sites (tertiary alicyclic amines) is 2. The molecule has 2 aromatic rings. The number of carboxylic acids is 1. The molecule has 144 valence electrons. The Bertz CT molecular complexity index is 911. The van der Waals surface area contributed by atoms with Gasteiger partial charge in [0.2, 0.25) is 0 Å². The van der Waals surface area contributed by atoms with E-state index in [2.05, 4.69) is 4.98 Å². The van der Waals surface area contributed by atoms with E-state index in [0.717, 1.165) is 36.3 Å². The maximum atomic E-state index is 13.2. The fourth-order valence-corrected chi connectivity index (χ4v) is 4.77. The number of aromatic nitrogens is 2. The van der Waals surface area contributed by atoms with E-state index in [1.54, 1.807) is 0 Å². The first-order chi connectivity index (χ1) is 12.8. The molecule has 4 rings (SSSR count). The number of carbonyl (C=O) groups excluding carboxylic acids is 1. The van der Waals surface area contributed by atoms with Crippen LogP contribution < -0.4 is 0 Å². The molecule has 1 unspecified atom stereocenters. The number of aryl methyl sites for hydroxylation is 2. The largest absolute Gasteiger partial charge is 0.480 e. The van der Waals surface area contributed by atoms with Gasteiger partial charge < -0.3 is 10.0 Å². The van der Waals surface area contributed by atoms with Crippen molar-refractivity contribution in [3.63, 3.8) is 0 Å². The van der Waals surface area contributed by atoms with Crippen LogP contribution in [0.2, 0.25) is 0 Å². The minimum atomic E-state index is -0.746. The van der Waals surface area contributed by atoms with Crippen LogP contribution in [0.1, 0.15) is 41.0 Å². The topological polar surface area (TPSA) is 78.1 Å². The molecule has 0 aromatic carbocycles. The van der Waals surface area contributed by atoms with E-state index < -0.39 is 12.0 Å². The Balaban J connectivity index is 1.52. The van der Waals surface area contributed by atoms with Crippen LogP contribution in [0.3, 0.4) is 0 Å². The second kappa shape index (κ2) is 6.34. The second-order valence-electron chi connectivity index (χ2n) is 8.25. The molecule has 1 atom stereocenters. The number of nitrogens with zero attached hydrogens (tertiary/aromatic N) is 4. The molecule has 0 saturated carbocycles. The lowest BCUT2D eigenvalue weighted by Crippen LogP contribution is -2.44. The van der Waals surface area contributed by atoms with Crippen LogP contribution >= 0.6 is 0 Å². The number of carbonyl (C=O) groups is 2. The summed E-state index contributed by atoms with van der Waals surface area (Å²) in [6.45, 7) is 6.00. The summed E-state index contributed by atoms with van der Waals surface area (Å²) in [5.74, 6) is -0.730. The molecule has 7 nitrogen and oxygen atoms in total. The number of pyridine rings is 1. The van der Waals surface area contributed by atoms with Crippen molar-refractivity contribution in [1.29, 1.82) is 0 Å². The molecule has 1 spiro atoms. The Morgan fingerprint density at radius 1 is 1.22 bits per heavy atom. The summed E-state index contributed by atoms with van der Waals surface area (Å²) >= 11 is 0. The maximum Gasteiger partial charge on any atom is 0.320 e. The minimum Gasteiger partial charge on any atom is -0.480 e. The fourth-order valence-electron chi connectivity index (χ4n) is 4.77. The summed E-state index contributed by atoms with van der Waals surface area (Å²) in [5.41, 5.74) is 3.27. The SMILES string of the molecule is Cc1ccc2nc(C)c(C(=O)N3CCC4(CC3)CC(C(=O)O)N(C)C4)n2c1. The lowest BCUT2D eigenvalue weighted by atomic mass is 9.76. The van der Waals surface area contributed by atoms with Gasteiger partial charge in [0.25, 0.3) is 5.91 Å². The number of imidazole rings is 1. The standard InChI is InChI=1S/C20H26N4O3/c1-13-4-5-16-21-14(2)17(24(16)11-13)18(25)23-8-6-20(7-9-23)10-15(19(26)27)22(3)12-20/h4-5,11,15H,6-10,12H2,1-3H3,(H,26,27). The Morgan fingerprint density at radius 2 is 1.93 bits per heavy atom. The zero-order valence-electron chi connectivity index (χ0n) is 16.1. The molecule has 0 radical (unpaired) electrons. The first-order valence-corrected chi connectivity index (χ1v) is 9.47. The molecule has 0 bridgehead atoms. The van der Waals surface area contributed by atoms with Crippen molar-refractivity contribution in [1.82, 2.24) is 19.2 Å². The van der Waals surface area contributed by atoms with Crippen molar-refractivity contribution in [2.75, 3.05) is 26.7 Å². The van der Waals surface area contributed by atoms with Crippen molar-refractivity contribution >= 4 is 17.5 Å². The van der Waals surface area contributed by atoms with Gasteiger partial charge in [0.1, 0.15) is 17.4 Å². The zero-order chi connectivity index (χ0) is 19.3. The summed E-state index contributed by atoms with van der Waals surface area (Å²) in [5, 5.41) is 9.40. The molecule has 4 heterocycles. The number of rotatable bonds is 2. The van der Waals surface area contributed by atoms with Crippen LogP contribution in [-0.2, 0) is 4.79 Å². The molecule has 0 aliphatic carbocycles. The van der Waals surface area contributed by atoms with Crippen molar-refractivity contribution in [3.05, 3.63) is 35.3 Å². The number of likely N-dealkylation sites (N-methyl/N-ethyl adjacent to an activating group) is 1. The predicted molar refractivity (Wildman–Crippen MR) is 101 cm³/mol. The number of hydrogen-bond donors (Lipinski definition) is 1. The average Bonchev–Trinajstić information content (AvgIpc) is 3.11. The third-order valence-electron chi connectivity index (χ3n) is 6.28. The van der Waals surface area contributed by atoms with Crippen LogP contribution in [0.4, 0.5) is 0 Å². The fraction of sp³-hybridized carbons (Fsp3) is 0.550. The maximum absolute atomic E-state index is 13.2. The highest BCUT2D eigenvalue weighted by Gasteiger charge is 2.47. The molecule has 2 aromatic heterocycles. The Morgan fingerprint density at radius 3 is 2.56 bits per heavy atom. The zero-order valence-corrected chi connectivity index (χ0v) is 16.1. The molecule has 2 fully saturated rings. The molecule has 27 heavy (non-hydrogen) atoms. The molecule has 2 saturated heterocycles. The summed E-state index contributed by atoms with van der Waals surface area (Å²) < 4.78 is 1.89. The van der Waals surface area contributed by atoms with Crippen LogP contribution in [-0.4, -0.2) is 68.9 Å². The van der Waals surface area contributed by atoms with Crippen molar-refractivity contribution in [2.45, 2.75) is 39.2 Å². The molecule has 2 aliphatic rings. The highest BCUT2D eigenvalue weighted by Crippen LogP contribution is 2.43. The van der Waals surface area contributed by atoms with Gasteiger partial charge in [0.15, 0.2) is 0 Å². The normalized spacial score (nSPS) is 22.6. The third-order valence-corrected chi connectivity index (χ3v) is 6.28. The van der Waals surface area contributed by atoms with Gasteiger partial charge in [-0.15, -0.1) is 0 Å². The number of piperidine rings is 1. The summed E-state index contributed by atoms with van der Waals surface area (Å²) in [7, 11) is 1.88. The Hall–Kier alpha value is -2.41. The van der Waals surface area contributed by atoms with Crippen LogP contribution in [0.5, 0.6) is 0 Å². The van der Waals surface area contributed by atoms with Gasteiger partial charge in [-0.3, -0.25) is 18.9 Å². The summed E-state index contributed by atoms with van der Waals surface area (Å²) in [6, 6.07) is 3.53. The van der Waals surface area contributed by atoms with Gasteiger partial charge in [-0.2, -0.15) is 0 Å². The average molecular weight is 370 g/mol. The highest BCUT2D eigenvalue weighted by molar-refractivity contribution is 5.94. The lowest BCUT2D eigenvalue weighted by molar-refractivity contribution is -0.141. The van der Waals surface area contributed by atoms with E-state index in [1.165, 1.54) is 0 Å². The predicted octanol–water partition coefficient (Wildman–Crippen LogP) is 1.96. The minimum absolute atomic E-state index is 0.0136. The number of amides is 1. The highest BCUT2D eigenvalue weighted by atomic mass is 16.4. The van der Waals surface area contributed by atoms with Gasteiger partial charge in [-0.1, -0.05) is 6.07 Å².